The van der Waals surface area contributed by atoms with E-state index in [1.54, 1.807) is 7.11 Å². The number of para-hydroxylation sites is 2. The maximum atomic E-state index is 5.34. The molecule has 5 nitrogen and oxygen atoms in total. The van der Waals surface area contributed by atoms with Crippen molar-refractivity contribution in [2.75, 3.05) is 7.11 Å². The SMILES string of the molecule is COc1ccc(-c2[nH]ncc2C(c2c[nH]c3ccccc23)c2c[nH]c3ccccc23)cc1. The van der Waals surface area contributed by atoms with Gasteiger partial charge in [0.2, 0.25) is 0 Å². The molecule has 3 N–H and O–H groups in total. The number of rotatable bonds is 5. The molecule has 5 heteroatoms. The van der Waals surface area contributed by atoms with E-state index in [-0.39, 0.29) is 5.92 Å². The average Bonchev–Trinajstić information content (AvgIpc) is 3.59. The maximum absolute atomic E-state index is 5.34. The van der Waals surface area contributed by atoms with Crippen molar-refractivity contribution in [3.05, 3.63) is 108 Å². The molecule has 3 heterocycles. The van der Waals surface area contributed by atoms with Gasteiger partial charge in [-0.15, -0.1) is 0 Å². The van der Waals surface area contributed by atoms with Crippen molar-refractivity contribution in [2.45, 2.75) is 5.92 Å². The van der Waals surface area contributed by atoms with Crippen LogP contribution in [0.15, 0.2) is 91.4 Å². The Hall–Kier alpha value is -4.25. The fourth-order valence-corrected chi connectivity index (χ4v) is 4.67. The predicted octanol–water partition coefficient (Wildman–Crippen LogP) is 6.23. The van der Waals surface area contributed by atoms with E-state index in [4.69, 9.17) is 4.74 Å². The Morgan fingerprint density at radius 1 is 0.719 bits per heavy atom. The molecule has 0 bridgehead atoms. The van der Waals surface area contributed by atoms with E-state index >= 15 is 0 Å². The summed E-state index contributed by atoms with van der Waals surface area (Å²) in [6.07, 6.45) is 6.21. The second kappa shape index (κ2) is 7.46. The minimum atomic E-state index is -0.00171. The largest absolute Gasteiger partial charge is 0.497 e. The van der Waals surface area contributed by atoms with Gasteiger partial charge in [0, 0.05) is 51.2 Å². The van der Waals surface area contributed by atoms with E-state index < -0.39 is 0 Å². The van der Waals surface area contributed by atoms with Crippen molar-refractivity contribution in [3.8, 4) is 17.0 Å². The van der Waals surface area contributed by atoms with E-state index in [0.29, 0.717) is 0 Å². The number of ether oxygens (including phenoxy) is 1. The van der Waals surface area contributed by atoms with Crippen LogP contribution in [0.2, 0.25) is 0 Å². The lowest BCUT2D eigenvalue weighted by atomic mass is 9.84. The lowest BCUT2D eigenvalue weighted by molar-refractivity contribution is 0.415. The predicted molar refractivity (Wildman–Crippen MR) is 128 cm³/mol. The summed E-state index contributed by atoms with van der Waals surface area (Å²) in [7, 11) is 1.68. The average molecular weight is 419 g/mol. The summed E-state index contributed by atoms with van der Waals surface area (Å²) in [5.41, 5.74) is 7.91. The smallest absolute Gasteiger partial charge is 0.118 e. The first kappa shape index (κ1) is 18.5. The van der Waals surface area contributed by atoms with Crippen LogP contribution in [0, 0.1) is 0 Å². The third kappa shape index (κ3) is 2.90. The van der Waals surface area contributed by atoms with Gasteiger partial charge in [-0.2, -0.15) is 5.10 Å². The summed E-state index contributed by atoms with van der Waals surface area (Å²) in [5, 5.41) is 10.1. The van der Waals surface area contributed by atoms with Gasteiger partial charge in [-0.1, -0.05) is 36.4 Å². The number of aromatic amines is 3. The fourth-order valence-electron chi connectivity index (χ4n) is 4.67. The van der Waals surface area contributed by atoms with Crippen LogP contribution < -0.4 is 4.74 Å². The first-order valence-electron chi connectivity index (χ1n) is 10.6. The molecule has 0 saturated heterocycles. The summed E-state index contributed by atoms with van der Waals surface area (Å²) in [6.45, 7) is 0. The molecule has 0 spiro atoms. The monoisotopic (exact) mass is 418 g/mol. The molecule has 0 aliphatic carbocycles. The van der Waals surface area contributed by atoms with Crippen LogP contribution in [0.5, 0.6) is 5.75 Å². The van der Waals surface area contributed by atoms with Crippen LogP contribution >= 0.6 is 0 Å². The minimum Gasteiger partial charge on any atom is -0.497 e. The molecular formula is C27H22N4O. The fraction of sp³-hybridized carbons (Fsp3) is 0.0741. The quantitative estimate of drug-likeness (QED) is 0.311. The van der Waals surface area contributed by atoms with E-state index in [1.165, 1.54) is 21.9 Å². The second-order valence-electron chi connectivity index (χ2n) is 7.94. The molecule has 0 saturated carbocycles. The van der Waals surface area contributed by atoms with Crippen LogP contribution in [0.4, 0.5) is 0 Å². The van der Waals surface area contributed by atoms with E-state index in [9.17, 15) is 0 Å². The summed E-state index contributed by atoms with van der Waals surface area (Å²) >= 11 is 0. The van der Waals surface area contributed by atoms with Crippen LogP contribution in [0.3, 0.4) is 0 Å². The molecule has 0 aliphatic rings. The molecule has 0 atom stereocenters. The van der Waals surface area contributed by atoms with Crippen molar-refractivity contribution in [2.24, 2.45) is 0 Å². The molecule has 0 fully saturated rings. The summed E-state index contributed by atoms with van der Waals surface area (Å²) in [4.78, 5) is 6.92. The Labute approximate surface area is 185 Å². The molecule has 0 unspecified atom stereocenters. The zero-order valence-corrected chi connectivity index (χ0v) is 17.6. The number of nitrogens with one attached hydrogen (secondary N) is 3. The highest BCUT2D eigenvalue weighted by atomic mass is 16.5. The molecule has 32 heavy (non-hydrogen) atoms. The Balaban J connectivity index is 1.60. The van der Waals surface area contributed by atoms with Crippen molar-refractivity contribution < 1.29 is 4.74 Å². The van der Waals surface area contributed by atoms with E-state index in [2.05, 4.69) is 93.2 Å². The topological polar surface area (TPSA) is 69.5 Å². The molecule has 0 amide bonds. The standard InChI is InChI=1S/C27H22N4O/c1-32-18-12-10-17(11-13-18)27-23(16-30-31-27)26(21-14-28-24-8-4-2-6-19(21)24)22-15-29-25-9-5-3-7-20(22)25/h2-16,26,28-29H,1H3,(H,30,31). The lowest BCUT2D eigenvalue weighted by Crippen LogP contribution is -2.03. The Kier molecular flexibility index (Phi) is 4.32. The number of hydrogen-bond acceptors (Lipinski definition) is 2. The highest BCUT2D eigenvalue weighted by molar-refractivity contribution is 5.89. The lowest BCUT2D eigenvalue weighted by Gasteiger charge is -2.17. The molecule has 3 aromatic heterocycles. The molecule has 6 aromatic rings. The number of H-pyrrole nitrogens is 3. The maximum Gasteiger partial charge on any atom is 0.118 e. The Morgan fingerprint density at radius 2 is 1.31 bits per heavy atom. The van der Waals surface area contributed by atoms with Gasteiger partial charge in [-0.05, 0) is 47.5 Å². The van der Waals surface area contributed by atoms with E-state index in [1.807, 2.05) is 18.3 Å². The number of fused-ring (bicyclic) bond motifs is 2. The third-order valence-corrected chi connectivity index (χ3v) is 6.22. The van der Waals surface area contributed by atoms with Gasteiger partial charge in [0.15, 0.2) is 0 Å². The van der Waals surface area contributed by atoms with Gasteiger partial charge < -0.3 is 14.7 Å². The third-order valence-electron chi connectivity index (χ3n) is 6.22. The van der Waals surface area contributed by atoms with Gasteiger partial charge in [-0.3, -0.25) is 5.10 Å². The number of methoxy groups -OCH3 is 1. The highest BCUT2D eigenvalue weighted by Crippen LogP contribution is 2.42. The molecule has 0 radical (unpaired) electrons. The van der Waals surface area contributed by atoms with Crippen LogP contribution in [-0.2, 0) is 0 Å². The van der Waals surface area contributed by atoms with Crippen molar-refractivity contribution >= 4 is 21.8 Å². The number of nitrogens with zero attached hydrogens (tertiary/aromatic N) is 1. The van der Waals surface area contributed by atoms with Gasteiger partial charge in [-0.25, -0.2) is 0 Å². The summed E-state index contributed by atoms with van der Waals surface area (Å²) < 4.78 is 5.34. The van der Waals surface area contributed by atoms with Gasteiger partial charge in [0.1, 0.15) is 5.75 Å². The Morgan fingerprint density at radius 3 is 1.91 bits per heavy atom. The van der Waals surface area contributed by atoms with Gasteiger partial charge >= 0.3 is 0 Å². The molecule has 6 rings (SSSR count). The van der Waals surface area contributed by atoms with E-state index in [0.717, 1.165) is 33.6 Å². The zero-order chi connectivity index (χ0) is 21.5. The molecule has 0 aliphatic heterocycles. The number of hydrogen-bond donors (Lipinski definition) is 3. The van der Waals surface area contributed by atoms with Crippen LogP contribution in [0.1, 0.15) is 22.6 Å². The van der Waals surface area contributed by atoms with Crippen LogP contribution in [0.25, 0.3) is 33.1 Å². The van der Waals surface area contributed by atoms with Crippen LogP contribution in [-0.4, -0.2) is 27.3 Å². The van der Waals surface area contributed by atoms with Gasteiger partial charge in [0.25, 0.3) is 0 Å². The number of aromatic nitrogens is 4. The van der Waals surface area contributed by atoms with Crippen molar-refractivity contribution in [3.63, 3.8) is 0 Å². The highest BCUT2D eigenvalue weighted by Gasteiger charge is 2.27. The first-order valence-corrected chi connectivity index (χ1v) is 10.6. The zero-order valence-electron chi connectivity index (χ0n) is 17.6. The number of benzene rings is 3. The molecule has 156 valence electrons. The minimum absolute atomic E-state index is 0.00171. The summed E-state index contributed by atoms with van der Waals surface area (Å²) in [6, 6.07) is 25.0. The normalized spacial score (nSPS) is 11.6. The van der Waals surface area contributed by atoms with Crippen molar-refractivity contribution in [1.82, 2.24) is 20.2 Å². The first-order chi connectivity index (χ1) is 15.8. The van der Waals surface area contributed by atoms with Crippen molar-refractivity contribution in [1.29, 1.82) is 0 Å². The van der Waals surface area contributed by atoms with Gasteiger partial charge in [0.05, 0.1) is 19.0 Å². The molecule has 3 aromatic carbocycles. The molecular weight excluding hydrogens is 396 g/mol. The Bertz CT molecular complexity index is 1450. The second-order valence-corrected chi connectivity index (χ2v) is 7.94. The summed E-state index contributed by atoms with van der Waals surface area (Å²) in [5.74, 6) is 0.831.